The summed E-state index contributed by atoms with van der Waals surface area (Å²) in [5.41, 5.74) is 1.13. The molecule has 0 saturated carbocycles. The third kappa shape index (κ3) is 8.85. The zero-order valence-corrected chi connectivity index (χ0v) is 26.3. The molecule has 4 rings (SSSR count). The molecule has 0 fully saturated rings. The predicted octanol–water partition coefficient (Wildman–Crippen LogP) is 7.89. The summed E-state index contributed by atoms with van der Waals surface area (Å²) in [4.78, 5) is 1.68. The smallest absolute Gasteiger partial charge is 0.417 e. The van der Waals surface area contributed by atoms with Crippen molar-refractivity contribution in [2.24, 2.45) is 0 Å². The van der Waals surface area contributed by atoms with E-state index in [9.17, 15) is 31.1 Å². The van der Waals surface area contributed by atoms with Crippen molar-refractivity contribution in [3.8, 4) is 5.75 Å². The van der Waals surface area contributed by atoms with Gasteiger partial charge in [0.2, 0.25) is 0 Å². The molecule has 0 unspecified atom stereocenters. The van der Waals surface area contributed by atoms with Gasteiger partial charge in [0.05, 0.1) is 28.7 Å². The molecule has 45 heavy (non-hydrogen) atoms. The Labute approximate surface area is 266 Å². The normalized spacial score (nSPS) is 12.9. The van der Waals surface area contributed by atoms with Gasteiger partial charge >= 0.3 is 6.18 Å². The Bertz CT molecular complexity index is 1650. The monoisotopic (exact) mass is 663 g/mol. The summed E-state index contributed by atoms with van der Waals surface area (Å²) < 4.78 is 85.8. The van der Waals surface area contributed by atoms with Crippen molar-refractivity contribution < 1.29 is 35.8 Å². The van der Waals surface area contributed by atoms with Crippen LogP contribution >= 0.6 is 11.6 Å². The standard InChI is InChI=1S/C34H34ClF4NO4S/c1-23(16-17-44-27-18-31(36)29(22-41)32(19-27)45(2,42)43)40(20-26-14-9-15-30(33(26)35)34(37,38)39)21-28(24-10-5-3-6-11-24)25-12-7-4-8-13-25/h3-15,18-19,23,28,41H,16-17,20-22H2,1-2H3/t23-/m0/s1. The molecule has 4 aromatic carbocycles. The van der Waals surface area contributed by atoms with Gasteiger partial charge in [-0.05, 0) is 42.2 Å². The third-order valence-corrected chi connectivity index (χ3v) is 9.30. The number of aliphatic hydroxyl groups excluding tert-OH is 1. The zero-order chi connectivity index (χ0) is 32.8. The van der Waals surface area contributed by atoms with Crippen LogP contribution < -0.4 is 4.74 Å². The third-order valence-electron chi connectivity index (χ3n) is 7.69. The van der Waals surface area contributed by atoms with E-state index < -0.39 is 34.0 Å². The Balaban J connectivity index is 1.63. The number of aliphatic hydroxyl groups is 1. The highest BCUT2D eigenvalue weighted by Crippen LogP contribution is 2.37. The fourth-order valence-corrected chi connectivity index (χ4v) is 6.47. The van der Waals surface area contributed by atoms with Gasteiger partial charge in [0.25, 0.3) is 0 Å². The van der Waals surface area contributed by atoms with E-state index in [0.29, 0.717) is 18.5 Å². The minimum Gasteiger partial charge on any atom is -0.493 e. The highest BCUT2D eigenvalue weighted by Gasteiger charge is 2.34. The SMILES string of the molecule is C[C@@H](CCOc1cc(F)c(CO)c(S(C)(=O)=O)c1)N(Cc1cccc(C(F)(F)F)c1Cl)CC(c1ccccc1)c1ccccc1. The number of nitrogens with zero attached hydrogens (tertiary/aromatic N) is 1. The summed E-state index contributed by atoms with van der Waals surface area (Å²) in [5.74, 6) is -1.05. The van der Waals surface area contributed by atoms with Crippen molar-refractivity contribution in [3.05, 3.63) is 130 Å². The lowest BCUT2D eigenvalue weighted by Gasteiger charge is -2.34. The summed E-state index contributed by atoms with van der Waals surface area (Å²) in [5, 5.41) is 9.12. The summed E-state index contributed by atoms with van der Waals surface area (Å²) in [7, 11) is -3.85. The molecule has 240 valence electrons. The van der Waals surface area contributed by atoms with Crippen LogP contribution in [0.5, 0.6) is 5.75 Å². The molecule has 4 aromatic rings. The van der Waals surface area contributed by atoms with Crippen molar-refractivity contribution in [3.63, 3.8) is 0 Å². The van der Waals surface area contributed by atoms with Gasteiger partial charge in [0.15, 0.2) is 9.84 Å². The highest BCUT2D eigenvalue weighted by atomic mass is 35.5. The van der Waals surface area contributed by atoms with Crippen LogP contribution in [0.25, 0.3) is 0 Å². The number of alkyl halides is 3. The Morgan fingerprint density at radius 2 is 1.53 bits per heavy atom. The number of hydrogen-bond donors (Lipinski definition) is 1. The largest absolute Gasteiger partial charge is 0.493 e. The van der Waals surface area contributed by atoms with E-state index in [1.54, 1.807) is 6.07 Å². The zero-order valence-electron chi connectivity index (χ0n) is 24.8. The minimum absolute atomic E-state index is 0.0174. The number of benzene rings is 4. The quantitative estimate of drug-likeness (QED) is 0.147. The van der Waals surface area contributed by atoms with Gasteiger partial charge in [-0.25, -0.2) is 12.8 Å². The molecule has 0 amide bonds. The second-order valence-electron chi connectivity index (χ2n) is 10.9. The fourth-order valence-electron chi connectivity index (χ4n) is 5.23. The number of ether oxygens (including phenoxy) is 1. The van der Waals surface area contributed by atoms with Crippen LogP contribution in [0.2, 0.25) is 5.02 Å². The average molecular weight is 664 g/mol. The summed E-state index contributed by atoms with van der Waals surface area (Å²) >= 11 is 6.31. The topological polar surface area (TPSA) is 66.8 Å². The molecule has 11 heteroatoms. The molecular weight excluding hydrogens is 630 g/mol. The second kappa shape index (κ2) is 14.8. The lowest BCUT2D eigenvalue weighted by atomic mass is 9.90. The first-order valence-corrected chi connectivity index (χ1v) is 16.5. The summed E-state index contributed by atoms with van der Waals surface area (Å²) in [6, 6.07) is 25.4. The van der Waals surface area contributed by atoms with E-state index in [4.69, 9.17) is 16.3 Å². The van der Waals surface area contributed by atoms with Crippen molar-refractivity contribution in [1.29, 1.82) is 0 Å². The lowest BCUT2D eigenvalue weighted by molar-refractivity contribution is -0.137. The number of sulfone groups is 1. The molecule has 0 aliphatic carbocycles. The van der Waals surface area contributed by atoms with E-state index >= 15 is 0 Å². The Morgan fingerprint density at radius 1 is 0.933 bits per heavy atom. The van der Waals surface area contributed by atoms with Gasteiger partial charge in [-0.15, -0.1) is 0 Å². The molecule has 0 bridgehead atoms. The van der Waals surface area contributed by atoms with Gasteiger partial charge in [-0.1, -0.05) is 84.4 Å². The molecule has 0 aromatic heterocycles. The van der Waals surface area contributed by atoms with E-state index in [1.165, 1.54) is 12.1 Å². The van der Waals surface area contributed by atoms with Gasteiger partial charge in [0.1, 0.15) is 11.6 Å². The van der Waals surface area contributed by atoms with Crippen molar-refractivity contribution in [2.45, 2.75) is 49.5 Å². The molecule has 0 heterocycles. The van der Waals surface area contributed by atoms with Gasteiger partial charge in [-0.2, -0.15) is 13.2 Å². The number of hydrogen-bond acceptors (Lipinski definition) is 5. The maximum Gasteiger partial charge on any atom is 0.417 e. The molecular formula is C34H34ClF4NO4S. The molecule has 0 radical (unpaired) electrons. The van der Waals surface area contributed by atoms with Crippen molar-refractivity contribution >= 4 is 21.4 Å². The van der Waals surface area contributed by atoms with Gasteiger partial charge in [0, 0.05) is 42.9 Å². The van der Waals surface area contributed by atoms with Crippen LogP contribution in [0.1, 0.15) is 47.1 Å². The van der Waals surface area contributed by atoms with Gasteiger partial charge < -0.3 is 9.84 Å². The van der Waals surface area contributed by atoms with Crippen LogP contribution in [-0.2, 0) is 29.2 Å². The molecule has 0 saturated heterocycles. The Hall–Kier alpha value is -3.44. The molecule has 0 aliphatic rings. The maximum absolute atomic E-state index is 14.6. The predicted molar refractivity (Wildman–Crippen MR) is 167 cm³/mol. The molecule has 1 N–H and O–H groups in total. The van der Waals surface area contributed by atoms with Crippen molar-refractivity contribution in [2.75, 3.05) is 19.4 Å². The molecule has 0 aliphatic heterocycles. The van der Waals surface area contributed by atoms with E-state index in [-0.39, 0.29) is 46.3 Å². The molecule has 0 spiro atoms. The van der Waals surface area contributed by atoms with Crippen LogP contribution in [0.4, 0.5) is 17.6 Å². The first kappa shape index (κ1) is 34.4. The Kier molecular flexibility index (Phi) is 11.3. The van der Waals surface area contributed by atoms with E-state index in [2.05, 4.69) is 0 Å². The van der Waals surface area contributed by atoms with Crippen LogP contribution in [0.3, 0.4) is 0 Å². The van der Waals surface area contributed by atoms with E-state index in [0.717, 1.165) is 29.5 Å². The average Bonchev–Trinajstić information content (AvgIpc) is 2.99. The molecule has 1 atom stereocenters. The first-order chi connectivity index (χ1) is 21.3. The van der Waals surface area contributed by atoms with Crippen molar-refractivity contribution in [1.82, 2.24) is 4.90 Å². The minimum atomic E-state index is -4.61. The summed E-state index contributed by atoms with van der Waals surface area (Å²) in [6.45, 7) is 1.71. The first-order valence-electron chi connectivity index (χ1n) is 14.2. The molecule has 5 nitrogen and oxygen atoms in total. The number of rotatable bonds is 13. The summed E-state index contributed by atoms with van der Waals surface area (Å²) in [6.07, 6.45) is -3.33. The van der Waals surface area contributed by atoms with Crippen LogP contribution in [0.15, 0.2) is 95.9 Å². The lowest BCUT2D eigenvalue weighted by Crippen LogP contribution is -2.37. The van der Waals surface area contributed by atoms with Gasteiger partial charge in [-0.3, -0.25) is 4.90 Å². The second-order valence-corrected chi connectivity index (χ2v) is 13.2. The Morgan fingerprint density at radius 3 is 2.07 bits per heavy atom. The highest BCUT2D eigenvalue weighted by molar-refractivity contribution is 7.90. The van der Waals surface area contributed by atoms with Crippen LogP contribution in [0, 0.1) is 5.82 Å². The fraction of sp³-hybridized carbons (Fsp3) is 0.294. The van der Waals surface area contributed by atoms with Crippen LogP contribution in [-0.4, -0.2) is 43.9 Å². The maximum atomic E-state index is 14.6. The number of halogens is 5. The van der Waals surface area contributed by atoms with E-state index in [1.807, 2.05) is 72.5 Å².